The van der Waals surface area contributed by atoms with Gasteiger partial charge in [-0.05, 0) is 48.7 Å². The van der Waals surface area contributed by atoms with Crippen LogP contribution in [0.2, 0.25) is 0 Å². The van der Waals surface area contributed by atoms with Crippen LogP contribution in [0.3, 0.4) is 0 Å². The second-order valence-electron chi connectivity index (χ2n) is 6.77. The van der Waals surface area contributed by atoms with E-state index in [2.05, 4.69) is 60.3 Å². The van der Waals surface area contributed by atoms with Crippen LogP contribution < -0.4 is 0 Å². The minimum atomic E-state index is 0.255. The summed E-state index contributed by atoms with van der Waals surface area (Å²) in [6.45, 7) is 4.55. The molecule has 0 aliphatic carbocycles. The number of pyridine rings is 1. The van der Waals surface area contributed by atoms with Crippen molar-refractivity contribution in [1.29, 1.82) is 0 Å². The van der Waals surface area contributed by atoms with Gasteiger partial charge in [0, 0.05) is 44.5 Å². The van der Waals surface area contributed by atoms with Crippen LogP contribution in [-0.2, 0) is 17.8 Å². The second kappa shape index (κ2) is 8.26. The average molecular weight is 337 g/mol. The van der Waals surface area contributed by atoms with Crippen molar-refractivity contribution < 1.29 is 4.79 Å². The average Bonchev–Trinajstić information content (AvgIpc) is 2.67. The molecule has 1 amide bonds. The standard InChI is InChI=1S/C21H27N3O/c1-3-20(18-8-12-22-13-9-18)23(2)14-11-21(25)24-15-10-17-6-4-5-7-19(17)16-24/h4-9,12-13,20H,3,10-11,14-16H2,1-2H3/t20-/m0/s1. The number of amides is 1. The monoisotopic (exact) mass is 337 g/mol. The summed E-state index contributed by atoms with van der Waals surface area (Å²) >= 11 is 0. The maximum atomic E-state index is 12.6. The van der Waals surface area contributed by atoms with E-state index in [0.717, 1.165) is 32.5 Å². The van der Waals surface area contributed by atoms with Crippen LogP contribution >= 0.6 is 0 Å². The molecule has 132 valence electrons. The Morgan fingerprint density at radius 1 is 1.20 bits per heavy atom. The molecule has 1 aromatic heterocycles. The Hall–Kier alpha value is -2.20. The van der Waals surface area contributed by atoms with Crippen molar-refractivity contribution in [3.63, 3.8) is 0 Å². The fraction of sp³-hybridized carbons (Fsp3) is 0.429. The number of hydrogen-bond acceptors (Lipinski definition) is 3. The lowest BCUT2D eigenvalue weighted by Gasteiger charge is -2.31. The highest BCUT2D eigenvalue weighted by Crippen LogP contribution is 2.23. The van der Waals surface area contributed by atoms with Crippen LogP contribution in [0.1, 0.15) is 42.5 Å². The topological polar surface area (TPSA) is 36.4 Å². The van der Waals surface area contributed by atoms with E-state index in [1.165, 1.54) is 16.7 Å². The highest BCUT2D eigenvalue weighted by molar-refractivity contribution is 5.76. The van der Waals surface area contributed by atoms with Gasteiger partial charge in [-0.2, -0.15) is 0 Å². The zero-order valence-electron chi connectivity index (χ0n) is 15.2. The smallest absolute Gasteiger partial charge is 0.224 e. The Bertz CT molecular complexity index is 701. The van der Waals surface area contributed by atoms with Crippen molar-refractivity contribution in [2.45, 2.75) is 38.8 Å². The molecule has 4 heteroatoms. The molecule has 0 N–H and O–H groups in total. The lowest BCUT2D eigenvalue weighted by molar-refractivity contribution is -0.132. The summed E-state index contributed by atoms with van der Waals surface area (Å²) in [7, 11) is 2.10. The van der Waals surface area contributed by atoms with Crippen LogP contribution in [0.4, 0.5) is 0 Å². The van der Waals surface area contributed by atoms with E-state index >= 15 is 0 Å². The molecule has 0 unspecified atom stereocenters. The number of aromatic nitrogens is 1. The third kappa shape index (κ3) is 4.26. The van der Waals surface area contributed by atoms with Gasteiger partial charge in [-0.15, -0.1) is 0 Å². The number of carbonyl (C=O) groups is 1. The second-order valence-corrected chi connectivity index (χ2v) is 6.77. The van der Waals surface area contributed by atoms with Gasteiger partial charge < -0.3 is 4.90 Å². The van der Waals surface area contributed by atoms with Crippen molar-refractivity contribution in [3.05, 3.63) is 65.5 Å². The Balaban J connectivity index is 1.55. The summed E-state index contributed by atoms with van der Waals surface area (Å²) in [5, 5.41) is 0. The van der Waals surface area contributed by atoms with E-state index in [-0.39, 0.29) is 5.91 Å². The summed E-state index contributed by atoms with van der Waals surface area (Å²) < 4.78 is 0. The predicted octanol–water partition coefficient (Wildman–Crippen LogP) is 3.44. The molecule has 0 saturated carbocycles. The summed E-state index contributed by atoms with van der Waals surface area (Å²) in [5.74, 6) is 0.255. The van der Waals surface area contributed by atoms with E-state index in [9.17, 15) is 4.79 Å². The SMILES string of the molecule is CC[C@@H](c1ccncc1)N(C)CCC(=O)N1CCc2ccccc2C1. The lowest BCUT2D eigenvalue weighted by atomic mass is 9.99. The van der Waals surface area contributed by atoms with Crippen LogP contribution in [-0.4, -0.2) is 40.8 Å². The van der Waals surface area contributed by atoms with Crippen LogP contribution in [0.15, 0.2) is 48.8 Å². The van der Waals surface area contributed by atoms with Gasteiger partial charge in [-0.25, -0.2) is 0 Å². The normalized spacial score (nSPS) is 15.1. The number of hydrogen-bond donors (Lipinski definition) is 0. The van der Waals surface area contributed by atoms with Crippen molar-refractivity contribution in [2.24, 2.45) is 0 Å². The van der Waals surface area contributed by atoms with Crippen molar-refractivity contribution in [1.82, 2.24) is 14.8 Å². The summed E-state index contributed by atoms with van der Waals surface area (Å²) in [5.41, 5.74) is 3.94. The van der Waals surface area contributed by atoms with Gasteiger partial charge in [0.2, 0.25) is 5.91 Å². The Morgan fingerprint density at radius 2 is 1.92 bits per heavy atom. The molecule has 0 fully saturated rings. The largest absolute Gasteiger partial charge is 0.338 e. The van der Waals surface area contributed by atoms with Crippen molar-refractivity contribution in [2.75, 3.05) is 20.1 Å². The first-order valence-corrected chi connectivity index (χ1v) is 9.13. The zero-order chi connectivity index (χ0) is 17.6. The van der Waals surface area contributed by atoms with Gasteiger partial charge in [-0.3, -0.25) is 14.7 Å². The lowest BCUT2D eigenvalue weighted by Crippen LogP contribution is -2.38. The molecule has 2 heterocycles. The first kappa shape index (κ1) is 17.6. The van der Waals surface area contributed by atoms with E-state index in [1.807, 2.05) is 17.3 Å². The van der Waals surface area contributed by atoms with Crippen LogP contribution in [0, 0.1) is 0 Å². The molecular formula is C21H27N3O. The van der Waals surface area contributed by atoms with E-state index in [4.69, 9.17) is 0 Å². The number of benzene rings is 1. The molecule has 4 nitrogen and oxygen atoms in total. The fourth-order valence-electron chi connectivity index (χ4n) is 3.68. The summed E-state index contributed by atoms with van der Waals surface area (Å²) in [6, 6.07) is 12.9. The van der Waals surface area contributed by atoms with E-state index in [0.29, 0.717) is 12.5 Å². The molecule has 1 aromatic carbocycles. The first-order chi connectivity index (χ1) is 12.2. The highest BCUT2D eigenvalue weighted by atomic mass is 16.2. The van der Waals surface area contributed by atoms with E-state index in [1.54, 1.807) is 0 Å². The third-order valence-corrected chi connectivity index (χ3v) is 5.17. The minimum Gasteiger partial charge on any atom is -0.338 e. The van der Waals surface area contributed by atoms with Crippen molar-refractivity contribution >= 4 is 5.91 Å². The molecule has 0 bridgehead atoms. The minimum absolute atomic E-state index is 0.255. The van der Waals surface area contributed by atoms with E-state index < -0.39 is 0 Å². The van der Waals surface area contributed by atoms with Gasteiger partial charge in [0.15, 0.2) is 0 Å². The maximum Gasteiger partial charge on any atom is 0.224 e. The molecule has 1 aliphatic heterocycles. The molecule has 3 rings (SSSR count). The molecule has 2 aromatic rings. The van der Waals surface area contributed by atoms with Gasteiger partial charge in [-0.1, -0.05) is 31.2 Å². The predicted molar refractivity (Wildman–Crippen MR) is 100 cm³/mol. The third-order valence-electron chi connectivity index (χ3n) is 5.17. The first-order valence-electron chi connectivity index (χ1n) is 9.13. The van der Waals surface area contributed by atoms with Gasteiger partial charge in [0.25, 0.3) is 0 Å². The number of fused-ring (bicyclic) bond motifs is 1. The summed E-state index contributed by atoms with van der Waals surface area (Å²) in [4.78, 5) is 21.0. The molecule has 25 heavy (non-hydrogen) atoms. The Kier molecular flexibility index (Phi) is 5.82. The fourth-order valence-corrected chi connectivity index (χ4v) is 3.68. The van der Waals surface area contributed by atoms with Gasteiger partial charge in [0.1, 0.15) is 0 Å². The number of nitrogens with zero attached hydrogens (tertiary/aromatic N) is 3. The van der Waals surface area contributed by atoms with Crippen LogP contribution in [0.5, 0.6) is 0 Å². The molecular weight excluding hydrogens is 310 g/mol. The molecule has 0 saturated heterocycles. The van der Waals surface area contributed by atoms with Gasteiger partial charge in [0.05, 0.1) is 0 Å². The number of rotatable bonds is 6. The summed E-state index contributed by atoms with van der Waals surface area (Å²) in [6.07, 6.45) is 6.22. The highest BCUT2D eigenvalue weighted by Gasteiger charge is 2.22. The zero-order valence-corrected chi connectivity index (χ0v) is 15.2. The molecule has 0 spiro atoms. The number of carbonyl (C=O) groups excluding carboxylic acids is 1. The maximum absolute atomic E-state index is 12.6. The van der Waals surface area contributed by atoms with Crippen LogP contribution in [0.25, 0.3) is 0 Å². The molecule has 1 atom stereocenters. The van der Waals surface area contributed by atoms with Crippen molar-refractivity contribution in [3.8, 4) is 0 Å². The molecule has 1 aliphatic rings. The Labute approximate surface area is 150 Å². The molecule has 0 radical (unpaired) electrons. The quantitative estimate of drug-likeness (QED) is 0.810. The van der Waals surface area contributed by atoms with Gasteiger partial charge >= 0.3 is 0 Å². The Morgan fingerprint density at radius 3 is 2.64 bits per heavy atom.